The average Bonchev–Trinajstić information content (AvgIpc) is 3.57. The molecular weight excluding hydrogens is 637 g/mol. The number of amides is 1. The lowest BCUT2D eigenvalue weighted by molar-refractivity contribution is -0.137. The number of benzene rings is 3. The second-order valence-corrected chi connectivity index (χ2v) is 13.2. The zero-order valence-electron chi connectivity index (χ0n) is 27.4. The molecule has 3 aromatic carbocycles. The van der Waals surface area contributed by atoms with Crippen LogP contribution in [0.5, 0.6) is 5.75 Å². The number of cyclic esters (lactones) is 1. The molecule has 1 aromatic heterocycles. The smallest absolute Gasteiger partial charge is 0.416 e. The van der Waals surface area contributed by atoms with Crippen molar-refractivity contribution in [1.82, 2.24) is 14.9 Å². The van der Waals surface area contributed by atoms with Gasteiger partial charge in [-0.05, 0) is 97.7 Å². The number of aryl methyl sites for hydroxylation is 2. The SMILES string of the molecule is COc1ccc(-c2ccc(C(=O)O)cc2C)cc1-c1cnc(N2CC3CC3C2)nc1CN1C(=O)O[C@H](c2cc(C)cc(C(F)(F)F)c2)[C@@H]1C. The first kappa shape index (κ1) is 32.4. The molecule has 1 N–H and O–H groups in total. The van der Waals surface area contributed by atoms with Crippen LogP contribution < -0.4 is 9.64 Å². The van der Waals surface area contributed by atoms with Gasteiger partial charge in [0.15, 0.2) is 0 Å². The van der Waals surface area contributed by atoms with E-state index in [2.05, 4.69) is 4.90 Å². The summed E-state index contributed by atoms with van der Waals surface area (Å²) in [6.45, 7) is 6.90. The molecule has 3 aliphatic rings. The van der Waals surface area contributed by atoms with Crippen molar-refractivity contribution in [3.05, 3.63) is 94.3 Å². The maximum atomic E-state index is 13.7. The summed E-state index contributed by atoms with van der Waals surface area (Å²) in [6.07, 6.45) is -3.19. The van der Waals surface area contributed by atoms with Crippen LogP contribution in [-0.2, 0) is 17.5 Å². The molecule has 2 aliphatic heterocycles. The molecule has 1 aliphatic carbocycles. The fourth-order valence-electron chi connectivity index (χ4n) is 7.13. The van der Waals surface area contributed by atoms with Crippen molar-refractivity contribution >= 4 is 18.0 Å². The lowest BCUT2D eigenvalue weighted by Crippen LogP contribution is -2.32. The van der Waals surface area contributed by atoms with Gasteiger partial charge >= 0.3 is 18.2 Å². The summed E-state index contributed by atoms with van der Waals surface area (Å²) in [4.78, 5) is 38.3. The molecule has 3 heterocycles. The largest absolute Gasteiger partial charge is 0.496 e. The van der Waals surface area contributed by atoms with Crippen LogP contribution >= 0.6 is 0 Å². The summed E-state index contributed by atoms with van der Waals surface area (Å²) in [5, 5.41) is 9.46. The first-order chi connectivity index (χ1) is 23.3. The van der Waals surface area contributed by atoms with E-state index in [0.29, 0.717) is 45.9 Å². The number of rotatable bonds is 8. The van der Waals surface area contributed by atoms with Crippen molar-refractivity contribution in [2.24, 2.45) is 11.8 Å². The lowest BCUT2D eigenvalue weighted by atomic mass is 9.94. The minimum Gasteiger partial charge on any atom is -0.496 e. The zero-order chi connectivity index (χ0) is 34.8. The minimum absolute atomic E-state index is 0.0136. The van der Waals surface area contributed by atoms with Gasteiger partial charge < -0.3 is 19.5 Å². The highest BCUT2D eigenvalue weighted by atomic mass is 19.4. The Morgan fingerprint density at radius 2 is 1.78 bits per heavy atom. The Morgan fingerprint density at radius 3 is 2.45 bits per heavy atom. The van der Waals surface area contributed by atoms with E-state index in [1.54, 1.807) is 51.4 Å². The maximum Gasteiger partial charge on any atom is 0.416 e. The van der Waals surface area contributed by atoms with Crippen LogP contribution in [0.25, 0.3) is 22.3 Å². The van der Waals surface area contributed by atoms with E-state index in [0.717, 1.165) is 41.9 Å². The van der Waals surface area contributed by atoms with Gasteiger partial charge in [-0.25, -0.2) is 19.6 Å². The van der Waals surface area contributed by atoms with Crippen LogP contribution in [0.3, 0.4) is 0 Å². The fraction of sp³-hybridized carbons (Fsp3) is 0.351. The zero-order valence-corrected chi connectivity index (χ0v) is 27.4. The van der Waals surface area contributed by atoms with Crippen LogP contribution in [0.2, 0.25) is 0 Å². The van der Waals surface area contributed by atoms with Crippen LogP contribution in [-0.4, -0.2) is 58.3 Å². The Hall–Kier alpha value is -5.13. The third kappa shape index (κ3) is 6.15. The Bertz CT molecular complexity index is 1970. The number of aromatic nitrogens is 2. The first-order valence-electron chi connectivity index (χ1n) is 16.1. The Kier molecular flexibility index (Phi) is 7.99. The average molecular weight is 673 g/mol. The van der Waals surface area contributed by atoms with Crippen LogP contribution in [0.15, 0.2) is 60.8 Å². The highest BCUT2D eigenvalue weighted by molar-refractivity contribution is 5.89. The molecule has 1 amide bonds. The van der Waals surface area contributed by atoms with E-state index in [9.17, 15) is 27.9 Å². The van der Waals surface area contributed by atoms with Gasteiger partial charge in [-0.3, -0.25) is 4.90 Å². The highest BCUT2D eigenvalue weighted by Crippen LogP contribution is 2.46. The number of carboxylic acids is 1. The number of nitrogens with zero attached hydrogens (tertiary/aromatic N) is 4. The predicted molar refractivity (Wildman–Crippen MR) is 175 cm³/mol. The molecule has 254 valence electrons. The number of fused-ring (bicyclic) bond motifs is 1. The molecule has 4 atom stereocenters. The molecule has 7 rings (SSSR count). The van der Waals surface area contributed by atoms with Gasteiger partial charge in [-0.1, -0.05) is 23.8 Å². The van der Waals surface area contributed by atoms with E-state index >= 15 is 0 Å². The summed E-state index contributed by atoms with van der Waals surface area (Å²) in [6, 6.07) is 13.7. The molecular formula is C37H35F3N4O5. The lowest BCUT2D eigenvalue weighted by Gasteiger charge is -2.24. The van der Waals surface area contributed by atoms with Gasteiger partial charge in [0, 0.05) is 30.4 Å². The molecule has 2 saturated heterocycles. The van der Waals surface area contributed by atoms with E-state index in [4.69, 9.17) is 19.4 Å². The second kappa shape index (κ2) is 12.1. The highest BCUT2D eigenvalue weighted by Gasteiger charge is 2.46. The maximum absolute atomic E-state index is 13.7. The Morgan fingerprint density at radius 1 is 1.02 bits per heavy atom. The summed E-state index contributed by atoms with van der Waals surface area (Å²) in [5.74, 6) is 1.33. The quantitative estimate of drug-likeness (QED) is 0.203. The van der Waals surface area contributed by atoms with Crippen LogP contribution in [0.4, 0.5) is 23.9 Å². The van der Waals surface area contributed by atoms with Crippen LogP contribution in [0, 0.1) is 25.7 Å². The van der Waals surface area contributed by atoms with Crippen molar-refractivity contribution in [1.29, 1.82) is 0 Å². The van der Waals surface area contributed by atoms with Gasteiger partial charge in [-0.2, -0.15) is 13.2 Å². The number of methoxy groups -OCH3 is 1. The van der Waals surface area contributed by atoms with Gasteiger partial charge in [0.2, 0.25) is 5.95 Å². The third-order valence-corrected chi connectivity index (χ3v) is 9.86. The summed E-state index contributed by atoms with van der Waals surface area (Å²) >= 11 is 0. The minimum atomic E-state index is -4.54. The van der Waals surface area contributed by atoms with E-state index in [1.807, 2.05) is 25.1 Å². The standard InChI is InChI=1S/C37H35F3N4O5/c1-19-9-24(13-27(10-19)37(38,39)40)33-21(3)44(36(47)49-33)18-31-30(15-41-35(42-31)43-16-25-12-26(25)17-43)29-14-22(6-8-32(29)48-4)28-7-5-23(34(45)46)11-20(28)2/h5-11,13-15,21,25-26,33H,12,16-18H2,1-4H3,(H,45,46)/t21-,25?,26?,33-/m0/s1. The number of carbonyl (C=O) groups excluding carboxylic acids is 1. The number of piperidine rings is 1. The Labute approximate surface area is 281 Å². The van der Waals surface area contributed by atoms with Gasteiger partial charge in [0.25, 0.3) is 0 Å². The van der Waals surface area contributed by atoms with Gasteiger partial charge in [0.1, 0.15) is 11.9 Å². The van der Waals surface area contributed by atoms with Crippen molar-refractivity contribution in [2.45, 2.75) is 52.1 Å². The number of halogens is 3. The number of hydrogen-bond donors (Lipinski definition) is 1. The molecule has 12 heteroatoms. The molecule has 0 spiro atoms. The summed E-state index contributed by atoms with van der Waals surface area (Å²) < 4.78 is 52.5. The van der Waals surface area contributed by atoms with E-state index in [1.165, 1.54) is 11.3 Å². The van der Waals surface area contributed by atoms with E-state index in [-0.39, 0.29) is 17.7 Å². The third-order valence-electron chi connectivity index (χ3n) is 9.86. The molecule has 1 saturated carbocycles. The van der Waals surface area contributed by atoms with Crippen molar-refractivity contribution in [3.8, 4) is 28.0 Å². The number of carbonyl (C=O) groups is 2. The summed E-state index contributed by atoms with van der Waals surface area (Å²) in [7, 11) is 1.55. The number of anilines is 1. The first-order valence-corrected chi connectivity index (χ1v) is 16.1. The number of ether oxygens (including phenoxy) is 2. The van der Waals surface area contributed by atoms with Crippen molar-refractivity contribution in [3.63, 3.8) is 0 Å². The molecule has 9 nitrogen and oxygen atoms in total. The number of alkyl halides is 3. The fourth-order valence-corrected chi connectivity index (χ4v) is 7.13. The Balaban J connectivity index is 1.28. The molecule has 0 bridgehead atoms. The molecule has 2 unspecified atom stereocenters. The topological polar surface area (TPSA) is 105 Å². The molecule has 3 fully saturated rings. The van der Waals surface area contributed by atoms with Crippen molar-refractivity contribution in [2.75, 3.05) is 25.1 Å². The van der Waals surface area contributed by atoms with Crippen LogP contribution in [0.1, 0.15) is 57.8 Å². The van der Waals surface area contributed by atoms with Gasteiger partial charge in [-0.15, -0.1) is 0 Å². The number of hydrogen-bond acceptors (Lipinski definition) is 7. The van der Waals surface area contributed by atoms with Gasteiger partial charge in [0.05, 0.1) is 36.5 Å². The number of carboxylic acid groups (broad SMARTS) is 1. The monoisotopic (exact) mass is 672 g/mol. The molecule has 4 aromatic rings. The second-order valence-electron chi connectivity index (χ2n) is 13.2. The molecule has 49 heavy (non-hydrogen) atoms. The normalized spacial score (nSPS) is 21.5. The van der Waals surface area contributed by atoms with E-state index < -0.39 is 35.9 Å². The molecule has 0 radical (unpaired) electrons. The summed E-state index contributed by atoms with van der Waals surface area (Å²) in [5.41, 5.74) is 4.31. The van der Waals surface area contributed by atoms with Crippen molar-refractivity contribution < 1.29 is 37.3 Å². The number of aromatic carboxylic acids is 1. The predicted octanol–water partition coefficient (Wildman–Crippen LogP) is 7.69.